The number of methoxy groups -OCH3 is 1. The zero-order chi connectivity index (χ0) is 19.3. The standard InChI is InChI=1S/C21H24BrNO3/c1-21(2,3)23-20(25)15-7-5-6-14(10-15)11-18(24)13-16-12-17(22)8-9-19(16)26-4/h5-10,12H,11,13H2,1-4H3,(H,23,25). The summed E-state index contributed by atoms with van der Waals surface area (Å²) in [5.74, 6) is 0.620. The van der Waals surface area contributed by atoms with Gasteiger partial charge in [-0.2, -0.15) is 0 Å². The molecule has 0 saturated carbocycles. The van der Waals surface area contributed by atoms with Crippen LogP contribution in [0.25, 0.3) is 0 Å². The summed E-state index contributed by atoms with van der Waals surface area (Å²) >= 11 is 3.42. The number of nitrogens with one attached hydrogen (secondary N) is 1. The Morgan fingerprint density at radius 1 is 1.08 bits per heavy atom. The largest absolute Gasteiger partial charge is 0.496 e. The van der Waals surface area contributed by atoms with Crippen molar-refractivity contribution in [1.82, 2.24) is 5.32 Å². The number of carbonyl (C=O) groups is 2. The van der Waals surface area contributed by atoms with Gasteiger partial charge in [0, 0.05) is 34.0 Å². The van der Waals surface area contributed by atoms with Crippen LogP contribution in [0.1, 0.15) is 42.3 Å². The van der Waals surface area contributed by atoms with Crippen molar-refractivity contribution >= 4 is 27.6 Å². The van der Waals surface area contributed by atoms with Crippen LogP contribution in [-0.2, 0) is 17.6 Å². The van der Waals surface area contributed by atoms with Gasteiger partial charge in [-0.3, -0.25) is 9.59 Å². The van der Waals surface area contributed by atoms with E-state index in [2.05, 4.69) is 21.2 Å². The van der Waals surface area contributed by atoms with Gasteiger partial charge < -0.3 is 10.1 Å². The van der Waals surface area contributed by atoms with Gasteiger partial charge in [0.25, 0.3) is 5.91 Å². The maximum atomic E-state index is 12.5. The van der Waals surface area contributed by atoms with Crippen LogP contribution in [0.15, 0.2) is 46.9 Å². The molecule has 0 saturated heterocycles. The SMILES string of the molecule is COc1ccc(Br)cc1CC(=O)Cc1cccc(C(=O)NC(C)(C)C)c1. The third-order valence-electron chi connectivity index (χ3n) is 3.71. The molecule has 1 N–H and O–H groups in total. The highest BCUT2D eigenvalue weighted by Gasteiger charge is 2.16. The molecule has 5 heteroatoms. The maximum Gasteiger partial charge on any atom is 0.251 e. The van der Waals surface area contributed by atoms with Crippen LogP contribution in [-0.4, -0.2) is 24.3 Å². The Hall–Kier alpha value is -2.14. The summed E-state index contributed by atoms with van der Waals surface area (Å²) in [5.41, 5.74) is 1.92. The van der Waals surface area contributed by atoms with E-state index in [-0.39, 0.29) is 30.1 Å². The molecule has 2 aromatic rings. The third-order valence-corrected chi connectivity index (χ3v) is 4.20. The van der Waals surface area contributed by atoms with Crippen LogP contribution in [0.3, 0.4) is 0 Å². The van der Waals surface area contributed by atoms with E-state index in [1.165, 1.54) is 0 Å². The topological polar surface area (TPSA) is 55.4 Å². The van der Waals surface area contributed by atoms with Gasteiger partial charge in [0.15, 0.2) is 0 Å². The van der Waals surface area contributed by atoms with Crippen molar-refractivity contribution in [3.05, 3.63) is 63.6 Å². The number of ether oxygens (including phenoxy) is 1. The fourth-order valence-electron chi connectivity index (χ4n) is 2.62. The molecule has 0 aromatic heterocycles. The molecule has 0 aliphatic rings. The molecule has 0 aliphatic carbocycles. The molecule has 0 radical (unpaired) electrons. The fourth-order valence-corrected chi connectivity index (χ4v) is 3.03. The van der Waals surface area contributed by atoms with Crippen molar-refractivity contribution in [2.75, 3.05) is 7.11 Å². The van der Waals surface area contributed by atoms with Gasteiger partial charge in [0.05, 0.1) is 7.11 Å². The van der Waals surface area contributed by atoms with Crippen molar-refractivity contribution in [1.29, 1.82) is 0 Å². The predicted octanol–water partition coefficient (Wildman–Crippen LogP) is 4.34. The summed E-state index contributed by atoms with van der Waals surface area (Å²) in [7, 11) is 1.59. The Labute approximate surface area is 163 Å². The van der Waals surface area contributed by atoms with Gasteiger partial charge >= 0.3 is 0 Å². The molecule has 2 aromatic carbocycles. The minimum atomic E-state index is -0.305. The van der Waals surface area contributed by atoms with E-state index in [0.29, 0.717) is 11.3 Å². The Kier molecular flexibility index (Phi) is 6.59. The Bertz CT molecular complexity index is 809. The molecule has 138 valence electrons. The average molecular weight is 418 g/mol. The first-order valence-electron chi connectivity index (χ1n) is 8.43. The van der Waals surface area contributed by atoms with E-state index >= 15 is 0 Å². The van der Waals surface area contributed by atoms with E-state index in [1.54, 1.807) is 25.3 Å². The maximum absolute atomic E-state index is 12.5. The lowest BCUT2D eigenvalue weighted by atomic mass is 10.00. The normalized spacial score (nSPS) is 11.1. The predicted molar refractivity (Wildman–Crippen MR) is 107 cm³/mol. The first kappa shape index (κ1) is 20.2. The highest BCUT2D eigenvalue weighted by molar-refractivity contribution is 9.10. The number of benzene rings is 2. The summed E-state index contributed by atoms with van der Waals surface area (Å²) in [6.07, 6.45) is 0.549. The van der Waals surface area contributed by atoms with Crippen LogP contribution in [0.5, 0.6) is 5.75 Å². The molecule has 0 aliphatic heterocycles. The molecule has 0 heterocycles. The molecule has 0 bridgehead atoms. The first-order chi connectivity index (χ1) is 12.2. The van der Waals surface area contributed by atoms with Crippen molar-refractivity contribution in [3.63, 3.8) is 0 Å². The number of ketones is 1. The van der Waals surface area contributed by atoms with E-state index in [1.807, 2.05) is 45.0 Å². The molecule has 0 atom stereocenters. The van der Waals surface area contributed by atoms with Crippen LogP contribution >= 0.6 is 15.9 Å². The second kappa shape index (κ2) is 8.49. The highest BCUT2D eigenvalue weighted by Crippen LogP contribution is 2.24. The summed E-state index contributed by atoms with van der Waals surface area (Å²) in [5, 5.41) is 2.93. The van der Waals surface area contributed by atoms with E-state index < -0.39 is 0 Å². The van der Waals surface area contributed by atoms with E-state index in [0.717, 1.165) is 15.6 Å². The lowest BCUT2D eigenvalue weighted by Crippen LogP contribution is -2.40. The quantitative estimate of drug-likeness (QED) is 0.760. The van der Waals surface area contributed by atoms with Gasteiger partial charge in [-0.05, 0) is 56.7 Å². The summed E-state index contributed by atoms with van der Waals surface area (Å²) in [6, 6.07) is 12.8. The molecular formula is C21H24BrNO3. The van der Waals surface area contributed by atoms with Crippen LogP contribution < -0.4 is 10.1 Å². The van der Waals surface area contributed by atoms with Gasteiger partial charge in [-0.15, -0.1) is 0 Å². The Morgan fingerprint density at radius 3 is 2.46 bits per heavy atom. The van der Waals surface area contributed by atoms with Crippen molar-refractivity contribution in [2.45, 2.75) is 39.2 Å². The van der Waals surface area contributed by atoms with Crippen molar-refractivity contribution in [2.24, 2.45) is 0 Å². The minimum absolute atomic E-state index is 0.0646. The molecule has 2 rings (SSSR count). The molecule has 26 heavy (non-hydrogen) atoms. The zero-order valence-electron chi connectivity index (χ0n) is 15.6. The number of Topliss-reactive ketones (excluding diaryl/α,β-unsaturated/α-hetero) is 1. The molecule has 1 amide bonds. The fraction of sp³-hybridized carbons (Fsp3) is 0.333. The lowest BCUT2D eigenvalue weighted by Gasteiger charge is -2.20. The van der Waals surface area contributed by atoms with Gasteiger partial charge in [0.2, 0.25) is 0 Å². The van der Waals surface area contributed by atoms with Crippen LogP contribution in [0, 0.1) is 0 Å². The summed E-state index contributed by atoms with van der Waals surface area (Å²) in [4.78, 5) is 24.8. The van der Waals surface area contributed by atoms with E-state index in [4.69, 9.17) is 4.74 Å². The Balaban J connectivity index is 2.09. The van der Waals surface area contributed by atoms with Gasteiger partial charge in [-0.25, -0.2) is 0 Å². The summed E-state index contributed by atoms with van der Waals surface area (Å²) < 4.78 is 6.23. The van der Waals surface area contributed by atoms with Gasteiger partial charge in [0.1, 0.15) is 11.5 Å². The molecule has 4 nitrogen and oxygen atoms in total. The number of amides is 1. The minimum Gasteiger partial charge on any atom is -0.496 e. The molecule has 0 unspecified atom stereocenters. The number of carbonyl (C=O) groups excluding carboxylic acids is 2. The number of hydrogen-bond acceptors (Lipinski definition) is 3. The zero-order valence-corrected chi connectivity index (χ0v) is 17.1. The van der Waals surface area contributed by atoms with E-state index in [9.17, 15) is 9.59 Å². The smallest absolute Gasteiger partial charge is 0.251 e. The van der Waals surface area contributed by atoms with Crippen LogP contribution in [0.4, 0.5) is 0 Å². The Morgan fingerprint density at radius 2 is 1.81 bits per heavy atom. The van der Waals surface area contributed by atoms with Gasteiger partial charge in [-0.1, -0.05) is 28.1 Å². The van der Waals surface area contributed by atoms with Crippen molar-refractivity contribution in [3.8, 4) is 5.75 Å². The highest BCUT2D eigenvalue weighted by atomic mass is 79.9. The molecule has 0 fully saturated rings. The third kappa shape index (κ3) is 5.99. The number of rotatable bonds is 6. The number of hydrogen-bond donors (Lipinski definition) is 1. The summed E-state index contributed by atoms with van der Waals surface area (Å²) in [6.45, 7) is 5.80. The second-order valence-electron chi connectivity index (χ2n) is 7.25. The first-order valence-corrected chi connectivity index (χ1v) is 9.23. The second-order valence-corrected chi connectivity index (χ2v) is 8.17. The number of halogens is 1. The van der Waals surface area contributed by atoms with Crippen LogP contribution in [0.2, 0.25) is 0 Å². The molecular weight excluding hydrogens is 394 g/mol. The lowest BCUT2D eigenvalue weighted by molar-refractivity contribution is -0.117. The van der Waals surface area contributed by atoms with Crippen molar-refractivity contribution < 1.29 is 14.3 Å². The monoisotopic (exact) mass is 417 g/mol. The average Bonchev–Trinajstić information content (AvgIpc) is 2.53. The molecule has 0 spiro atoms.